The molecule has 1 saturated heterocycles. The van der Waals surface area contributed by atoms with Crippen molar-refractivity contribution in [2.75, 3.05) is 25.4 Å². The molecule has 1 heterocycles. The fraction of sp³-hybridized carbons (Fsp3) is 0.533. The Morgan fingerprint density at radius 1 is 1.41 bits per heavy atom. The SMILES string of the molecule is CC1CN(C(=O)CCCS(=O)c2ccc(Br)cc2)CCN1.Cl. The number of hydrogen-bond donors (Lipinski definition) is 1. The molecule has 2 rings (SSSR count). The van der Waals surface area contributed by atoms with Crippen LogP contribution in [0.4, 0.5) is 0 Å². The summed E-state index contributed by atoms with van der Waals surface area (Å²) in [5.74, 6) is 0.714. The minimum atomic E-state index is -1.02. The summed E-state index contributed by atoms with van der Waals surface area (Å²) in [6.45, 7) is 4.49. The first-order chi connectivity index (χ1) is 10.1. The Labute approximate surface area is 149 Å². The van der Waals surface area contributed by atoms with Gasteiger partial charge in [0, 0.05) is 47.2 Å². The molecular weight excluding hydrogens is 388 g/mol. The van der Waals surface area contributed by atoms with Crippen molar-refractivity contribution in [3.8, 4) is 0 Å². The van der Waals surface area contributed by atoms with Gasteiger partial charge >= 0.3 is 0 Å². The van der Waals surface area contributed by atoms with E-state index in [1.165, 1.54) is 0 Å². The second-order valence-electron chi connectivity index (χ2n) is 5.30. The lowest BCUT2D eigenvalue weighted by Crippen LogP contribution is -2.51. The van der Waals surface area contributed by atoms with Gasteiger partial charge in [0.1, 0.15) is 0 Å². The lowest BCUT2D eigenvalue weighted by molar-refractivity contribution is -0.132. The van der Waals surface area contributed by atoms with Crippen LogP contribution in [0.2, 0.25) is 0 Å². The van der Waals surface area contributed by atoms with E-state index in [1.807, 2.05) is 29.2 Å². The van der Waals surface area contributed by atoms with Gasteiger partial charge in [-0.15, -0.1) is 12.4 Å². The average Bonchev–Trinajstić information content (AvgIpc) is 2.47. The largest absolute Gasteiger partial charge is 0.340 e. The standard InChI is InChI=1S/C15H21BrN2O2S.ClH/c1-12-11-18(9-8-17-12)15(19)3-2-10-21(20)14-6-4-13(16)5-7-14;/h4-7,12,17H,2-3,8-11H2,1H3;1H. The maximum Gasteiger partial charge on any atom is 0.222 e. The predicted octanol–water partition coefficient (Wildman–Crippen LogP) is 2.58. The van der Waals surface area contributed by atoms with Crippen molar-refractivity contribution in [2.24, 2.45) is 0 Å². The summed E-state index contributed by atoms with van der Waals surface area (Å²) in [7, 11) is -1.02. The summed E-state index contributed by atoms with van der Waals surface area (Å²) in [4.78, 5) is 14.8. The Balaban J connectivity index is 0.00000242. The number of nitrogens with one attached hydrogen (secondary N) is 1. The van der Waals surface area contributed by atoms with Crippen molar-refractivity contribution in [3.63, 3.8) is 0 Å². The molecule has 1 fully saturated rings. The molecule has 0 aromatic heterocycles. The van der Waals surface area contributed by atoms with Crippen molar-refractivity contribution in [1.29, 1.82) is 0 Å². The third-order valence-electron chi connectivity index (χ3n) is 3.52. The molecule has 2 atom stereocenters. The molecule has 1 amide bonds. The lowest BCUT2D eigenvalue weighted by atomic mass is 10.2. The van der Waals surface area contributed by atoms with E-state index < -0.39 is 10.8 Å². The molecule has 0 radical (unpaired) electrons. The Kier molecular flexibility index (Phi) is 8.61. The number of benzene rings is 1. The van der Waals surface area contributed by atoms with Gasteiger partial charge in [0.2, 0.25) is 5.91 Å². The van der Waals surface area contributed by atoms with E-state index in [9.17, 15) is 9.00 Å². The van der Waals surface area contributed by atoms with E-state index in [4.69, 9.17) is 0 Å². The fourth-order valence-electron chi connectivity index (χ4n) is 2.38. The molecule has 7 heteroatoms. The first-order valence-electron chi connectivity index (χ1n) is 7.21. The quantitative estimate of drug-likeness (QED) is 0.813. The topological polar surface area (TPSA) is 49.4 Å². The zero-order chi connectivity index (χ0) is 15.2. The number of piperazine rings is 1. The Bertz CT molecular complexity index is 513. The van der Waals surface area contributed by atoms with Gasteiger partial charge in [0.15, 0.2) is 0 Å². The van der Waals surface area contributed by atoms with Gasteiger partial charge in [-0.2, -0.15) is 0 Å². The van der Waals surface area contributed by atoms with Crippen LogP contribution in [0.3, 0.4) is 0 Å². The average molecular weight is 410 g/mol. The number of carbonyl (C=O) groups is 1. The van der Waals surface area contributed by atoms with Crippen molar-refractivity contribution >= 4 is 45.0 Å². The number of halogens is 2. The third-order valence-corrected chi connectivity index (χ3v) is 5.50. The number of amides is 1. The fourth-order valence-corrected chi connectivity index (χ4v) is 3.72. The Morgan fingerprint density at radius 3 is 2.73 bits per heavy atom. The summed E-state index contributed by atoms with van der Waals surface area (Å²) < 4.78 is 13.1. The molecule has 124 valence electrons. The Morgan fingerprint density at radius 2 is 2.09 bits per heavy atom. The van der Waals surface area contributed by atoms with Crippen LogP contribution in [0.15, 0.2) is 33.6 Å². The van der Waals surface area contributed by atoms with Gasteiger partial charge in [-0.3, -0.25) is 9.00 Å². The van der Waals surface area contributed by atoms with Crippen LogP contribution in [-0.4, -0.2) is 46.4 Å². The van der Waals surface area contributed by atoms with E-state index in [-0.39, 0.29) is 18.3 Å². The zero-order valence-corrected chi connectivity index (χ0v) is 15.8. The second kappa shape index (κ2) is 9.65. The van der Waals surface area contributed by atoms with Crippen LogP contribution in [0.1, 0.15) is 19.8 Å². The van der Waals surface area contributed by atoms with Crippen LogP contribution in [0.5, 0.6) is 0 Å². The molecule has 1 aliphatic heterocycles. The highest BCUT2D eigenvalue weighted by Gasteiger charge is 2.20. The highest BCUT2D eigenvalue weighted by molar-refractivity contribution is 9.10. The molecule has 1 aliphatic rings. The van der Waals surface area contributed by atoms with E-state index in [0.717, 1.165) is 29.0 Å². The van der Waals surface area contributed by atoms with Crippen molar-refractivity contribution in [1.82, 2.24) is 10.2 Å². The maximum absolute atomic E-state index is 12.1. The summed E-state index contributed by atoms with van der Waals surface area (Å²) in [5, 5.41) is 3.32. The first kappa shape index (κ1) is 19.6. The van der Waals surface area contributed by atoms with Crippen molar-refractivity contribution < 1.29 is 9.00 Å². The monoisotopic (exact) mass is 408 g/mol. The number of hydrogen-bond acceptors (Lipinski definition) is 3. The van der Waals surface area contributed by atoms with Crippen LogP contribution in [0.25, 0.3) is 0 Å². The molecule has 1 aromatic carbocycles. The van der Waals surface area contributed by atoms with Gasteiger partial charge in [-0.25, -0.2) is 0 Å². The summed E-state index contributed by atoms with van der Waals surface area (Å²) >= 11 is 3.36. The normalized spacial score (nSPS) is 19.4. The van der Waals surface area contributed by atoms with Crippen LogP contribution < -0.4 is 5.32 Å². The van der Waals surface area contributed by atoms with Gasteiger partial charge in [-0.1, -0.05) is 15.9 Å². The molecule has 0 aliphatic carbocycles. The van der Waals surface area contributed by atoms with Crippen LogP contribution in [0, 0.1) is 0 Å². The smallest absolute Gasteiger partial charge is 0.222 e. The number of nitrogens with zero attached hydrogens (tertiary/aromatic N) is 1. The molecule has 1 N–H and O–H groups in total. The molecule has 22 heavy (non-hydrogen) atoms. The predicted molar refractivity (Wildman–Crippen MR) is 95.9 cm³/mol. The Hall–Kier alpha value is -0.430. The molecule has 0 spiro atoms. The molecule has 4 nitrogen and oxygen atoms in total. The van der Waals surface area contributed by atoms with Crippen LogP contribution in [-0.2, 0) is 15.6 Å². The minimum absolute atomic E-state index is 0. The van der Waals surface area contributed by atoms with Gasteiger partial charge in [0.05, 0.1) is 10.8 Å². The highest BCUT2D eigenvalue weighted by Crippen LogP contribution is 2.14. The maximum atomic E-state index is 12.1. The molecular formula is C15H22BrClN2O2S. The molecule has 2 unspecified atom stereocenters. The third kappa shape index (κ3) is 5.99. The lowest BCUT2D eigenvalue weighted by Gasteiger charge is -2.32. The first-order valence-corrected chi connectivity index (χ1v) is 9.32. The van der Waals surface area contributed by atoms with Gasteiger partial charge < -0.3 is 10.2 Å². The zero-order valence-electron chi connectivity index (χ0n) is 12.6. The van der Waals surface area contributed by atoms with E-state index in [1.54, 1.807) is 0 Å². The van der Waals surface area contributed by atoms with E-state index in [0.29, 0.717) is 24.6 Å². The second-order valence-corrected chi connectivity index (χ2v) is 7.79. The van der Waals surface area contributed by atoms with E-state index in [2.05, 4.69) is 28.2 Å². The number of rotatable bonds is 5. The summed E-state index contributed by atoms with van der Waals surface area (Å²) in [6.07, 6.45) is 1.15. The van der Waals surface area contributed by atoms with Gasteiger partial charge in [-0.05, 0) is 37.6 Å². The highest BCUT2D eigenvalue weighted by atomic mass is 79.9. The molecule has 0 saturated carbocycles. The van der Waals surface area contributed by atoms with Crippen LogP contribution >= 0.6 is 28.3 Å². The number of carbonyl (C=O) groups excluding carboxylic acids is 1. The molecule has 0 bridgehead atoms. The van der Waals surface area contributed by atoms with E-state index >= 15 is 0 Å². The summed E-state index contributed by atoms with van der Waals surface area (Å²) in [6, 6.07) is 7.86. The van der Waals surface area contributed by atoms with Crippen molar-refractivity contribution in [2.45, 2.75) is 30.7 Å². The minimum Gasteiger partial charge on any atom is -0.340 e. The van der Waals surface area contributed by atoms with Crippen molar-refractivity contribution in [3.05, 3.63) is 28.7 Å². The summed E-state index contributed by atoms with van der Waals surface area (Å²) in [5.41, 5.74) is 0. The molecule has 1 aromatic rings. The van der Waals surface area contributed by atoms with Gasteiger partial charge in [0.25, 0.3) is 0 Å².